The standard InChI is InChI=1S/C19H24N2/c1-2-16-9-3-4-10-17(16)15-20-18-11-5-6-12-19(18)21-13-7-8-14-21/h3-6,9-12,20H,2,7-8,13-15H2,1H3. The van der Waals surface area contributed by atoms with E-state index in [-0.39, 0.29) is 0 Å². The number of nitrogens with one attached hydrogen (secondary N) is 1. The summed E-state index contributed by atoms with van der Waals surface area (Å²) < 4.78 is 0. The van der Waals surface area contributed by atoms with Gasteiger partial charge in [0.15, 0.2) is 0 Å². The van der Waals surface area contributed by atoms with Gasteiger partial charge in [-0.15, -0.1) is 0 Å². The minimum absolute atomic E-state index is 0.898. The molecule has 0 saturated carbocycles. The highest BCUT2D eigenvalue weighted by molar-refractivity contribution is 5.70. The molecule has 0 aliphatic carbocycles. The van der Waals surface area contributed by atoms with E-state index in [1.54, 1.807) is 0 Å². The van der Waals surface area contributed by atoms with Gasteiger partial charge in [0.2, 0.25) is 0 Å². The molecule has 1 aliphatic heterocycles. The number of nitrogens with zero attached hydrogens (tertiary/aromatic N) is 1. The molecule has 0 spiro atoms. The van der Waals surface area contributed by atoms with Gasteiger partial charge < -0.3 is 10.2 Å². The molecule has 21 heavy (non-hydrogen) atoms. The van der Waals surface area contributed by atoms with E-state index < -0.39 is 0 Å². The van der Waals surface area contributed by atoms with E-state index in [1.165, 1.54) is 48.4 Å². The zero-order chi connectivity index (χ0) is 14.5. The SMILES string of the molecule is CCc1ccccc1CNc1ccccc1N1CCCC1. The second-order valence-corrected chi connectivity index (χ2v) is 5.69. The summed E-state index contributed by atoms with van der Waals surface area (Å²) in [5, 5.41) is 3.64. The molecule has 0 radical (unpaired) electrons. The lowest BCUT2D eigenvalue weighted by molar-refractivity contribution is 0.949. The number of benzene rings is 2. The van der Waals surface area contributed by atoms with Crippen molar-refractivity contribution in [2.45, 2.75) is 32.7 Å². The van der Waals surface area contributed by atoms with E-state index in [1.807, 2.05) is 0 Å². The summed E-state index contributed by atoms with van der Waals surface area (Å²) in [5.41, 5.74) is 5.44. The summed E-state index contributed by atoms with van der Waals surface area (Å²) in [6, 6.07) is 17.4. The largest absolute Gasteiger partial charge is 0.379 e. The lowest BCUT2D eigenvalue weighted by Gasteiger charge is -2.22. The van der Waals surface area contributed by atoms with E-state index in [0.29, 0.717) is 0 Å². The Morgan fingerprint density at radius 3 is 2.33 bits per heavy atom. The second-order valence-electron chi connectivity index (χ2n) is 5.69. The van der Waals surface area contributed by atoms with Gasteiger partial charge in [0.25, 0.3) is 0 Å². The van der Waals surface area contributed by atoms with Crippen molar-refractivity contribution in [1.82, 2.24) is 0 Å². The molecule has 2 nitrogen and oxygen atoms in total. The molecule has 0 atom stereocenters. The number of aryl methyl sites for hydroxylation is 1. The fourth-order valence-corrected chi connectivity index (χ4v) is 3.12. The van der Waals surface area contributed by atoms with Crippen molar-refractivity contribution in [3.63, 3.8) is 0 Å². The number of para-hydroxylation sites is 2. The Kier molecular flexibility index (Phi) is 4.44. The molecular formula is C19H24N2. The zero-order valence-corrected chi connectivity index (χ0v) is 12.8. The van der Waals surface area contributed by atoms with Crippen molar-refractivity contribution < 1.29 is 0 Å². The number of hydrogen-bond acceptors (Lipinski definition) is 2. The Bertz CT molecular complexity index is 586. The number of anilines is 2. The van der Waals surface area contributed by atoms with Gasteiger partial charge in [-0.25, -0.2) is 0 Å². The summed E-state index contributed by atoms with van der Waals surface area (Å²) in [6.45, 7) is 5.49. The normalized spacial score (nSPS) is 14.4. The van der Waals surface area contributed by atoms with Crippen LogP contribution in [-0.4, -0.2) is 13.1 Å². The van der Waals surface area contributed by atoms with E-state index in [9.17, 15) is 0 Å². The summed E-state index contributed by atoms with van der Waals surface area (Å²) in [5.74, 6) is 0. The van der Waals surface area contributed by atoms with Crippen LogP contribution < -0.4 is 10.2 Å². The Morgan fingerprint density at radius 1 is 0.905 bits per heavy atom. The Balaban J connectivity index is 1.76. The van der Waals surface area contributed by atoms with Crippen LogP contribution in [0.2, 0.25) is 0 Å². The first-order chi connectivity index (χ1) is 10.4. The van der Waals surface area contributed by atoms with Gasteiger partial charge in [-0.05, 0) is 42.5 Å². The predicted octanol–water partition coefficient (Wildman–Crippen LogP) is 4.46. The molecule has 0 aromatic heterocycles. The average molecular weight is 280 g/mol. The highest BCUT2D eigenvalue weighted by Gasteiger charge is 2.15. The molecule has 1 N–H and O–H groups in total. The van der Waals surface area contributed by atoms with Gasteiger partial charge >= 0.3 is 0 Å². The van der Waals surface area contributed by atoms with Gasteiger partial charge in [0.1, 0.15) is 0 Å². The third kappa shape index (κ3) is 3.21. The van der Waals surface area contributed by atoms with Gasteiger partial charge in [0.05, 0.1) is 11.4 Å². The number of hydrogen-bond donors (Lipinski definition) is 1. The molecule has 0 unspecified atom stereocenters. The molecule has 0 amide bonds. The molecular weight excluding hydrogens is 256 g/mol. The van der Waals surface area contributed by atoms with E-state index >= 15 is 0 Å². The van der Waals surface area contributed by atoms with Crippen LogP contribution in [0.4, 0.5) is 11.4 Å². The molecule has 0 bridgehead atoms. The first-order valence-electron chi connectivity index (χ1n) is 8.03. The maximum Gasteiger partial charge on any atom is 0.0602 e. The van der Waals surface area contributed by atoms with E-state index in [0.717, 1.165) is 13.0 Å². The lowest BCUT2D eigenvalue weighted by atomic mass is 10.1. The van der Waals surface area contributed by atoms with Crippen LogP contribution in [0.1, 0.15) is 30.9 Å². The first-order valence-corrected chi connectivity index (χ1v) is 8.03. The molecule has 1 fully saturated rings. The maximum atomic E-state index is 3.64. The Hall–Kier alpha value is -1.96. The van der Waals surface area contributed by atoms with Gasteiger partial charge in [0, 0.05) is 19.6 Å². The average Bonchev–Trinajstić information content (AvgIpc) is 3.08. The van der Waals surface area contributed by atoms with Gasteiger partial charge in [-0.3, -0.25) is 0 Å². The lowest BCUT2D eigenvalue weighted by Crippen LogP contribution is -2.19. The molecule has 1 heterocycles. The van der Waals surface area contributed by atoms with Crippen molar-refractivity contribution in [3.05, 3.63) is 59.7 Å². The third-order valence-electron chi connectivity index (χ3n) is 4.32. The van der Waals surface area contributed by atoms with Crippen molar-refractivity contribution >= 4 is 11.4 Å². The second kappa shape index (κ2) is 6.66. The molecule has 2 aromatic rings. The summed E-state index contributed by atoms with van der Waals surface area (Å²) >= 11 is 0. The van der Waals surface area contributed by atoms with Crippen LogP contribution in [0.3, 0.4) is 0 Å². The van der Waals surface area contributed by atoms with Crippen molar-refractivity contribution in [2.24, 2.45) is 0 Å². The third-order valence-corrected chi connectivity index (χ3v) is 4.32. The highest BCUT2D eigenvalue weighted by atomic mass is 15.2. The number of rotatable bonds is 5. The van der Waals surface area contributed by atoms with Crippen LogP contribution in [-0.2, 0) is 13.0 Å². The molecule has 2 heteroatoms. The van der Waals surface area contributed by atoms with E-state index in [4.69, 9.17) is 0 Å². The quantitative estimate of drug-likeness (QED) is 0.869. The van der Waals surface area contributed by atoms with Crippen LogP contribution in [0.15, 0.2) is 48.5 Å². The highest BCUT2D eigenvalue weighted by Crippen LogP contribution is 2.29. The first kappa shape index (κ1) is 14.0. The fraction of sp³-hybridized carbons (Fsp3) is 0.368. The molecule has 3 rings (SSSR count). The van der Waals surface area contributed by atoms with Gasteiger partial charge in [-0.2, -0.15) is 0 Å². The van der Waals surface area contributed by atoms with Crippen LogP contribution in [0.25, 0.3) is 0 Å². The van der Waals surface area contributed by atoms with Crippen molar-refractivity contribution in [1.29, 1.82) is 0 Å². The fourth-order valence-electron chi connectivity index (χ4n) is 3.12. The Morgan fingerprint density at radius 2 is 1.57 bits per heavy atom. The van der Waals surface area contributed by atoms with E-state index in [2.05, 4.69) is 65.7 Å². The topological polar surface area (TPSA) is 15.3 Å². The summed E-state index contributed by atoms with van der Waals surface area (Å²) in [4.78, 5) is 2.49. The summed E-state index contributed by atoms with van der Waals surface area (Å²) in [6.07, 6.45) is 3.71. The smallest absolute Gasteiger partial charge is 0.0602 e. The van der Waals surface area contributed by atoms with Crippen molar-refractivity contribution in [2.75, 3.05) is 23.3 Å². The maximum absolute atomic E-state index is 3.64. The minimum atomic E-state index is 0.898. The zero-order valence-electron chi connectivity index (χ0n) is 12.8. The minimum Gasteiger partial charge on any atom is -0.379 e. The Labute approximate surface area is 127 Å². The predicted molar refractivity (Wildman–Crippen MR) is 91.0 cm³/mol. The molecule has 110 valence electrons. The molecule has 2 aromatic carbocycles. The van der Waals surface area contributed by atoms with Crippen molar-refractivity contribution in [3.8, 4) is 0 Å². The van der Waals surface area contributed by atoms with Gasteiger partial charge in [-0.1, -0.05) is 43.3 Å². The van der Waals surface area contributed by atoms with Crippen LogP contribution in [0, 0.1) is 0 Å². The molecule has 1 saturated heterocycles. The van der Waals surface area contributed by atoms with Crippen LogP contribution in [0.5, 0.6) is 0 Å². The monoisotopic (exact) mass is 280 g/mol. The summed E-state index contributed by atoms with van der Waals surface area (Å²) in [7, 11) is 0. The molecule has 1 aliphatic rings. The van der Waals surface area contributed by atoms with Crippen LogP contribution >= 0.6 is 0 Å².